The van der Waals surface area contributed by atoms with Gasteiger partial charge in [0.15, 0.2) is 5.82 Å². The molecule has 1 amide bonds. The number of halogens is 2. The summed E-state index contributed by atoms with van der Waals surface area (Å²) < 4.78 is 22.4. The van der Waals surface area contributed by atoms with Gasteiger partial charge >= 0.3 is 0 Å². The number of hydrogen-bond donors (Lipinski definition) is 0. The Morgan fingerprint density at radius 1 is 1.28 bits per heavy atom. The lowest BCUT2D eigenvalue weighted by molar-refractivity contribution is -0.132. The van der Waals surface area contributed by atoms with Crippen LogP contribution in [-0.4, -0.2) is 37.1 Å². The van der Waals surface area contributed by atoms with E-state index in [1.54, 1.807) is 9.58 Å². The molecule has 2 aromatic heterocycles. The Labute approximate surface area is 213 Å². The number of aryl methyl sites for hydroxylation is 2. The third kappa shape index (κ3) is 4.30. The van der Waals surface area contributed by atoms with Crippen LogP contribution in [0.5, 0.6) is 5.75 Å². The molecule has 0 N–H and O–H groups in total. The molecule has 186 valence electrons. The highest BCUT2D eigenvalue weighted by Gasteiger charge is 2.33. The summed E-state index contributed by atoms with van der Waals surface area (Å²) in [6.45, 7) is 6.47. The van der Waals surface area contributed by atoms with E-state index in [9.17, 15) is 9.18 Å². The average molecular weight is 508 g/mol. The summed E-state index contributed by atoms with van der Waals surface area (Å²) in [5.74, 6) is 0.888. The molecule has 1 aliphatic heterocycles. The molecule has 0 bridgehead atoms. The molecule has 7 nitrogen and oxygen atoms in total. The highest BCUT2D eigenvalue weighted by atomic mass is 35.5. The van der Waals surface area contributed by atoms with Crippen molar-refractivity contribution < 1.29 is 13.9 Å². The Kier molecular flexibility index (Phi) is 6.38. The van der Waals surface area contributed by atoms with E-state index in [0.717, 1.165) is 28.9 Å². The first-order chi connectivity index (χ1) is 17.2. The maximum Gasteiger partial charge on any atom is 0.225 e. The summed E-state index contributed by atoms with van der Waals surface area (Å²) in [6, 6.07) is 10.1. The second-order valence-electron chi connectivity index (χ2n) is 9.31. The van der Waals surface area contributed by atoms with Gasteiger partial charge in [0.1, 0.15) is 30.0 Å². The third-order valence-electron chi connectivity index (χ3n) is 6.87. The first kappa shape index (κ1) is 24.2. The minimum absolute atomic E-state index is 0.0377. The zero-order valence-electron chi connectivity index (χ0n) is 20.6. The van der Waals surface area contributed by atoms with Gasteiger partial charge in [-0.15, -0.1) is 0 Å². The molecular weight excluding hydrogens is 481 g/mol. The molecule has 0 aliphatic carbocycles. The fourth-order valence-electron chi connectivity index (χ4n) is 4.89. The molecule has 3 heterocycles. The monoisotopic (exact) mass is 507 g/mol. The van der Waals surface area contributed by atoms with E-state index in [2.05, 4.69) is 10.1 Å². The summed E-state index contributed by atoms with van der Waals surface area (Å²) in [5.41, 5.74) is 3.70. The zero-order chi connectivity index (χ0) is 25.6. The second-order valence-corrected chi connectivity index (χ2v) is 9.72. The summed E-state index contributed by atoms with van der Waals surface area (Å²) in [4.78, 5) is 23.6. The lowest BCUT2D eigenvalue weighted by Gasteiger charge is -2.27. The number of para-hydroxylation sites is 1. The van der Waals surface area contributed by atoms with Gasteiger partial charge in [0.05, 0.1) is 11.1 Å². The van der Waals surface area contributed by atoms with Crippen LogP contribution in [0.4, 0.5) is 4.39 Å². The Morgan fingerprint density at radius 3 is 2.78 bits per heavy atom. The average Bonchev–Trinajstić information content (AvgIpc) is 3.42. The smallest absolute Gasteiger partial charge is 0.225 e. The van der Waals surface area contributed by atoms with Gasteiger partial charge in [0, 0.05) is 41.7 Å². The lowest BCUT2D eigenvalue weighted by atomic mass is 10.00. The van der Waals surface area contributed by atoms with Crippen molar-refractivity contribution >= 4 is 28.4 Å². The van der Waals surface area contributed by atoms with E-state index >= 15 is 0 Å². The molecule has 1 unspecified atom stereocenters. The number of aromatic nitrogens is 4. The first-order valence-corrected chi connectivity index (χ1v) is 12.3. The molecule has 9 heteroatoms. The van der Waals surface area contributed by atoms with E-state index < -0.39 is 5.82 Å². The number of carbonyl (C=O) groups excluding carboxylic acids is 1. The van der Waals surface area contributed by atoms with Crippen LogP contribution in [0.3, 0.4) is 0 Å². The lowest BCUT2D eigenvalue weighted by Crippen LogP contribution is -2.30. The van der Waals surface area contributed by atoms with Crippen molar-refractivity contribution in [3.63, 3.8) is 0 Å². The molecule has 0 saturated carbocycles. The molecule has 2 atom stereocenters. The van der Waals surface area contributed by atoms with Gasteiger partial charge in [-0.05, 0) is 50.1 Å². The fourth-order valence-corrected chi connectivity index (χ4v) is 5.16. The van der Waals surface area contributed by atoms with E-state index in [-0.39, 0.29) is 29.5 Å². The number of benzene rings is 2. The van der Waals surface area contributed by atoms with Crippen molar-refractivity contribution in [3.8, 4) is 17.1 Å². The van der Waals surface area contributed by atoms with Crippen LogP contribution in [-0.2, 0) is 18.4 Å². The second kappa shape index (κ2) is 9.50. The van der Waals surface area contributed by atoms with Crippen molar-refractivity contribution in [2.45, 2.75) is 39.8 Å². The number of rotatable bonds is 6. The van der Waals surface area contributed by atoms with Crippen molar-refractivity contribution in [2.75, 3.05) is 6.54 Å². The number of nitrogens with zero attached hydrogens (tertiary/aromatic N) is 5. The number of hydrogen-bond acceptors (Lipinski definition) is 5. The van der Waals surface area contributed by atoms with Gasteiger partial charge in [0.25, 0.3) is 0 Å². The SMILES string of the molecule is Cc1cc(-c2ncnn2C)c2cccc(OCc3c(Cl)cc(F)cc3[C@H](C)N3CCC(C)C3=O)c2n1. The number of ether oxygens (including phenoxy) is 1. The molecule has 2 aromatic carbocycles. The van der Waals surface area contributed by atoms with Gasteiger partial charge in [-0.2, -0.15) is 5.10 Å². The maximum atomic E-state index is 14.4. The molecule has 1 fully saturated rings. The Hall–Kier alpha value is -3.52. The predicted octanol–water partition coefficient (Wildman–Crippen LogP) is 5.64. The minimum Gasteiger partial charge on any atom is -0.487 e. The molecular formula is C27H27ClFN5O2. The summed E-state index contributed by atoms with van der Waals surface area (Å²) in [6.07, 6.45) is 2.30. The number of amides is 1. The Bertz CT molecular complexity index is 1470. The topological polar surface area (TPSA) is 73.1 Å². The number of carbonyl (C=O) groups is 1. The van der Waals surface area contributed by atoms with Crippen LogP contribution in [0.2, 0.25) is 5.02 Å². The number of pyridine rings is 1. The summed E-state index contributed by atoms with van der Waals surface area (Å²) >= 11 is 6.51. The fraction of sp³-hybridized carbons (Fsp3) is 0.333. The largest absolute Gasteiger partial charge is 0.487 e. The van der Waals surface area contributed by atoms with Gasteiger partial charge in [-0.25, -0.2) is 19.0 Å². The predicted molar refractivity (Wildman–Crippen MR) is 136 cm³/mol. The van der Waals surface area contributed by atoms with Crippen LogP contribution in [0.15, 0.2) is 42.7 Å². The maximum absolute atomic E-state index is 14.4. The highest BCUT2D eigenvalue weighted by molar-refractivity contribution is 6.31. The number of fused-ring (bicyclic) bond motifs is 1. The molecule has 4 aromatic rings. The molecule has 0 radical (unpaired) electrons. The van der Waals surface area contributed by atoms with E-state index in [1.807, 2.05) is 52.1 Å². The van der Waals surface area contributed by atoms with Crippen molar-refractivity contribution in [1.29, 1.82) is 0 Å². The van der Waals surface area contributed by atoms with Crippen LogP contribution >= 0.6 is 11.6 Å². The van der Waals surface area contributed by atoms with Gasteiger partial charge in [0.2, 0.25) is 5.91 Å². The minimum atomic E-state index is -0.443. The van der Waals surface area contributed by atoms with Crippen molar-refractivity contribution in [3.05, 3.63) is 70.4 Å². The first-order valence-electron chi connectivity index (χ1n) is 11.9. The van der Waals surface area contributed by atoms with E-state index in [0.29, 0.717) is 28.9 Å². The molecule has 36 heavy (non-hydrogen) atoms. The molecule has 1 saturated heterocycles. The van der Waals surface area contributed by atoms with Gasteiger partial charge in [-0.3, -0.25) is 4.79 Å². The standard InChI is InChI=1S/C27H27ClFN5O2/c1-15-8-9-34(27(15)35)17(3)20-11-18(29)12-23(28)22(20)13-36-24-7-5-6-19-21(10-16(2)32-25(19)24)26-30-14-31-33(26)4/h5-7,10-12,14-15,17H,8-9,13H2,1-4H3/t15?,17-/m0/s1. The van der Waals surface area contributed by atoms with Crippen molar-refractivity contribution in [2.24, 2.45) is 13.0 Å². The number of likely N-dealkylation sites (tertiary alicyclic amines) is 1. The highest BCUT2D eigenvalue weighted by Crippen LogP contribution is 2.36. The summed E-state index contributed by atoms with van der Waals surface area (Å²) in [5, 5.41) is 5.34. The molecule has 1 aliphatic rings. The van der Waals surface area contributed by atoms with Crippen LogP contribution in [0, 0.1) is 18.7 Å². The third-order valence-corrected chi connectivity index (χ3v) is 7.21. The Morgan fingerprint density at radius 2 is 2.08 bits per heavy atom. The van der Waals surface area contributed by atoms with Crippen LogP contribution in [0.1, 0.15) is 43.1 Å². The Balaban J connectivity index is 1.52. The van der Waals surface area contributed by atoms with Crippen LogP contribution < -0.4 is 4.74 Å². The molecule has 0 spiro atoms. The van der Waals surface area contributed by atoms with Crippen molar-refractivity contribution in [1.82, 2.24) is 24.6 Å². The summed E-state index contributed by atoms with van der Waals surface area (Å²) in [7, 11) is 1.84. The zero-order valence-corrected chi connectivity index (χ0v) is 21.4. The van der Waals surface area contributed by atoms with Gasteiger partial charge in [-0.1, -0.05) is 30.7 Å². The van der Waals surface area contributed by atoms with E-state index in [1.165, 1.54) is 18.5 Å². The van der Waals surface area contributed by atoms with E-state index in [4.69, 9.17) is 21.3 Å². The van der Waals surface area contributed by atoms with Gasteiger partial charge < -0.3 is 9.64 Å². The molecule has 5 rings (SSSR count). The normalized spacial score (nSPS) is 16.7. The van der Waals surface area contributed by atoms with Crippen LogP contribution in [0.25, 0.3) is 22.3 Å². The quantitative estimate of drug-likeness (QED) is 0.337.